The third kappa shape index (κ3) is 2.60. The largest absolute Gasteiger partial charge is 0.336 e. The molecule has 1 aromatic carbocycles. The van der Waals surface area contributed by atoms with Crippen molar-refractivity contribution < 1.29 is 13.6 Å². The van der Waals surface area contributed by atoms with Crippen molar-refractivity contribution in [2.75, 3.05) is 13.1 Å². The van der Waals surface area contributed by atoms with E-state index in [0.717, 1.165) is 6.07 Å². The van der Waals surface area contributed by atoms with Crippen molar-refractivity contribution in [3.05, 3.63) is 33.0 Å². The maximum Gasteiger partial charge on any atom is 0.256 e. The standard InChI is InChI=1S/C11H9BrClF2NO/c12-8-3-7(10(15)4-9(8)13)11(17)16-2-1-6(14)5-16/h3-4,6H,1-2,5H2/t6-/m0/s1. The van der Waals surface area contributed by atoms with Crippen LogP contribution in [0.4, 0.5) is 8.78 Å². The molecule has 0 spiro atoms. The summed E-state index contributed by atoms with van der Waals surface area (Å²) in [5.74, 6) is -1.19. The highest BCUT2D eigenvalue weighted by Crippen LogP contribution is 2.27. The van der Waals surface area contributed by atoms with Crippen molar-refractivity contribution in [3.63, 3.8) is 0 Å². The van der Waals surface area contributed by atoms with Gasteiger partial charge in [0.2, 0.25) is 0 Å². The van der Waals surface area contributed by atoms with Gasteiger partial charge < -0.3 is 4.90 Å². The van der Waals surface area contributed by atoms with Gasteiger partial charge in [0.1, 0.15) is 12.0 Å². The smallest absolute Gasteiger partial charge is 0.256 e. The average molecular weight is 325 g/mol. The fourth-order valence-corrected chi connectivity index (χ4v) is 2.25. The molecular formula is C11H9BrClF2NO. The molecule has 1 aromatic rings. The van der Waals surface area contributed by atoms with E-state index in [-0.39, 0.29) is 17.1 Å². The maximum absolute atomic E-state index is 13.6. The van der Waals surface area contributed by atoms with Gasteiger partial charge in [-0.1, -0.05) is 11.6 Å². The topological polar surface area (TPSA) is 20.3 Å². The minimum Gasteiger partial charge on any atom is -0.336 e. The molecule has 0 N–H and O–H groups in total. The average Bonchev–Trinajstić information content (AvgIpc) is 2.69. The van der Waals surface area contributed by atoms with Gasteiger partial charge in [0.05, 0.1) is 17.1 Å². The Morgan fingerprint density at radius 1 is 1.53 bits per heavy atom. The number of benzene rings is 1. The van der Waals surface area contributed by atoms with Crippen molar-refractivity contribution in [2.45, 2.75) is 12.6 Å². The Balaban J connectivity index is 2.28. The zero-order valence-electron chi connectivity index (χ0n) is 8.72. The molecule has 0 aromatic heterocycles. The third-order valence-electron chi connectivity index (χ3n) is 2.66. The van der Waals surface area contributed by atoms with E-state index in [9.17, 15) is 13.6 Å². The highest BCUT2D eigenvalue weighted by atomic mass is 79.9. The summed E-state index contributed by atoms with van der Waals surface area (Å²) in [5.41, 5.74) is -0.0876. The monoisotopic (exact) mass is 323 g/mol. The first-order valence-corrected chi connectivity index (χ1v) is 6.24. The minimum absolute atomic E-state index is 0.0263. The second-order valence-electron chi connectivity index (χ2n) is 3.88. The Bertz CT molecular complexity index is 469. The number of amides is 1. The number of alkyl halides is 1. The molecule has 17 heavy (non-hydrogen) atoms. The number of nitrogens with zero attached hydrogens (tertiary/aromatic N) is 1. The van der Waals surface area contributed by atoms with Crippen LogP contribution in [-0.2, 0) is 0 Å². The van der Waals surface area contributed by atoms with Gasteiger partial charge in [-0.2, -0.15) is 0 Å². The van der Waals surface area contributed by atoms with Gasteiger partial charge >= 0.3 is 0 Å². The van der Waals surface area contributed by atoms with E-state index in [1.807, 2.05) is 0 Å². The zero-order valence-corrected chi connectivity index (χ0v) is 11.1. The quantitative estimate of drug-likeness (QED) is 0.725. The Morgan fingerprint density at radius 2 is 2.24 bits per heavy atom. The van der Waals surface area contributed by atoms with Crippen LogP contribution in [0.25, 0.3) is 0 Å². The maximum atomic E-state index is 13.6. The van der Waals surface area contributed by atoms with Crippen LogP contribution in [0.15, 0.2) is 16.6 Å². The Kier molecular flexibility index (Phi) is 3.68. The summed E-state index contributed by atoms with van der Waals surface area (Å²) < 4.78 is 27.0. The summed E-state index contributed by atoms with van der Waals surface area (Å²) in [6, 6.07) is 2.40. The van der Waals surface area contributed by atoms with Crippen molar-refractivity contribution in [1.29, 1.82) is 0 Å². The van der Waals surface area contributed by atoms with Gasteiger partial charge in [-0.3, -0.25) is 4.79 Å². The van der Waals surface area contributed by atoms with Crippen molar-refractivity contribution in [3.8, 4) is 0 Å². The summed E-state index contributed by atoms with van der Waals surface area (Å²) in [7, 11) is 0. The third-order valence-corrected chi connectivity index (χ3v) is 3.86. The first-order valence-electron chi connectivity index (χ1n) is 5.07. The van der Waals surface area contributed by atoms with Crippen LogP contribution < -0.4 is 0 Å². The molecule has 1 saturated heterocycles. The number of carbonyl (C=O) groups excluding carboxylic acids is 1. The predicted molar refractivity (Wildman–Crippen MR) is 64.5 cm³/mol. The number of hydrogen-bond donors (Lipinski definition) is 0. The summed E-state index contributed by atoms with van der Waals surface area (Å²) in [6.45, 7) is 0.345. The lowest BCUT2D eigenvalue weighted by atomic mass is 10.2. The highest BCUT2D eigenvalue weighted by molar-refractivity contribution is 9.10. The molecule has 1 atom stereocenters. The van der Waals surface area contributed by atoms with Crippen molar-refractivity contribution in [2.24, 2.45) is 0 Å². The lowest BCUT2D eigenvalue weighted by Crippen LogP contribution is -2.29. The summed E-state index contributed by atoms with van der Waals surface area (Å²) in [6.07, 6.45) is -0.708. The Morgan fingerprint density at radius 3 is 2.82 bits per heavy atom. The predicted octanol–water partition coefficient (Wildman–Crippen LogP) is 3.43. The molecule has 0 bridgehead atoms. The van der Waals surface area contributed by atoms with Crippen molar-refractivity contribution >= 4 is 33.4 Å². The molecule has 1 amide bonds. The molecule has 1 aliphatic rings. The van der Waals surface area contributed by atoms with Crippen LogP contribution in [-0.4, -0.2) is 30.1 Å². The minimum atomic E-state index is -1.02. The molecule has 0 radical (unpaired) electrons. The van der Waals surface area contributed by atoms with Crippen LogP contribution in [0.3, 0.4) is 0 Å². The van der Waals surface area contributed by atoms with E-state index >= 15 is 0 Å². The summed E-state index contributed by atoms with van der Waals surface area (Å²) >= 11 is 8.83. The second kappa shape index (κ2) is 4.90. The fourth-order valence-electron chi connectivity index (χ4n) is 1.76. The van der Waals surface area contributed by atoms with Crippen LogP contribution in [0, 0.1) is 5.82 Å². The Labute approximate surface area is 111 Å². The van der Waals surface area contributed by atoms with E-state index < -0.39 is 17.9 Å². The lowest BCUT2D eigenvalue weighted by Gasteiger charge is -2.16. The van der Waals surface area contributed by atoms with Gasteiger partial charge in [0.15, 0.2) is 0 Å². The molecule has 2 rings (SSSR count). The van der Waals surface area contributed by atoms with Gasteiger partial charge in [0, 0.05) is 11.0 Å². The zero-order chi connectivity index (χ0) is 12.6. The lowest BCUT2D eigenvalue weighted by molar-refractivity contribution is 0.0778. The SMILES string of the molecule is O=C(c1cc(Br)c(Cl)cc1F)N1CC[C@H](F)C1. The molecule has 1 aliphatic heterocycles. The number of rotatable bonds is 1. The highest BCUT2D eigenvalue weighted by Gasteiger charge is 2.28. The number of likely N-dealkylation sites (tertiary alicyclic amines) is 1. The fraction of sp³-hybridized carbons (Fsp3) is 0.364. The van der Waals surface area contributed by atoms with E-state index in [4.69, 9.17) is 11.6 Å². The van der Waals surface area contributed by atoms with Crippen molar-refractivity contribution in [1.82, 2.24) is 4.90 Å². The van der Waals surface area contributed by atoms with Crippen LogP contribution in [0.1, 0.15) is 16.8 Å². The molecule has 0 saturated carbocycles. The van der Waals surface area contributed by atoms with E-state index in [1.165, 1.54) is 11.0 Å². The van der Waals surface area contributed by atoms with Gasteiger partial charge in [-0.25, -0.2) is 8.78 Å². The molecule has 1 fully saturated rings. The normalized spacial score (nSPS) is 19.8. The molecule has 1 heterocycles. The van der Waals surface area contributed by atoms with E-state index in [0.29, 0.717) is 17.4 Å². The summed E-state index contributed by atoms with van der Waals surface area (Å²) in [5, 5.41) is 0.198. The molecule has 0 aliphatic carbocycles. The first-order chi connectivity index (χ1) is 7.99. The number of halogens is 4. The molecule has 0 unspecified atom stereocenters. The molecule has 2 nitrogen and oxygen atoms in total. The number of carbonyl (C=O) groups is 1. The van der Waals surface area contributed by atoms with Gasteiger partial charge in [-0.15, -0.1) is 0 Å². The van der Waals surface area contributed by atoms with Crippen LogP contribution in [0.5, 0.6) is 0 Å². The van der Waals surface area contributed by atoms with Gasteiger partial charge in [0.25, 0.3) is 5.91 Å². The second-order valence-corrected chi connectivity index (χ2v) is 5.14. The van der Waals surface area contributed by atoms with Crippen LogP contribution in [0.2, 0.25) is 5.02 Å². The van der Waals surface area contributed by atoms with E-state index in [1.54, 1.807) is 0 Å². The molecule has 92 valence electrons. The number of hydrogen-bond acceptors (Lipinski definition) is 1. The first kappa shape index (κ1) is 12.8. The molecular weight excluding hydrogens is 315 g/mol. The molecule has 6 heteroatoms. The van der Waals surface area contributed by atoms with E-state index in [2.05, 4.69) is 15.9 Å². The van der Waals surface area contributed by atoms with Gasteiger partial charge in [-0.05, 0) is 34.5 Å². The summed E-state index contributed by atoms with van der Waals surface area (Å²) in [4.78, 5) is 13.2. The Hall–Kier alpha value is -0.680. The van der Waals surface area contributed by atoms with Crippen LogP contribution >= 0.6 is 27.5 Å².